The van der Waals surface area contributed by atoms with Gasteiger partial charge in [0.05, 0.1) is 17.6 Å². The largest absolute Gasteiger partial charge is 0.391 e. The normalized spacial score (nSPS) is 11.2. The molecule has 0 atom stereocenters. The summed E-state index contributed by atoms with van der Waals surface area (Å²) < 4.78 is 15.9. The Kier molecular flexibility index (Phi) is 3.68. The van der Waals surface area contributed by atoms with Crippen LogP contribution in [0.25, 0.3) is 16.7 Å². The fourth-order valence-electron chi connectivity index (χ4n) is 2.56. The summed E-state index contributed by atoms with van der Waals surface area (Å²) in [7, 11) is 0. The molecule has 0 amide bonds. The van der Waals surface area contributed by atoms with E-state index in [1.165, 1.54) is 6.07 Å². The Labute approximate surface area is 121 Å². The number of aromatic nitrogens is 2. The lowest BCUT2D eigenvalue weighted by Crippen LogP contribution is -2.09. The van der Waals surface area contributed by atoms with E-state index < -0.39 is 5.82 Å². The number of benzene rings is 2. The second-order valence-electron chi connectivity index (χ2n) is 4.79. The lowest BCUT2D eigenvalue weighted by atomic mass is 10.1. The first kappa shape index (κ1) is 13.7. The van der Waals surface area contributed by atoms with Crippen LogP contribution < -0.4 is 5.73 Å². The Morgan fingerprint density at radius 1 is 1.14 bits per heavy atom. The number of nitrogens with two attached hydrogens (primary N) is 1. The van der Waals surface area contributed by atoms with Gasteiger partial charge in [-0.05, 0) is 30.8 Å². The molecule has 0 aliphatic rings. The number of imidazole rings is 1. The van der Waals surface area contributed by atoms with Gasteiger partial charge < -0.3 is 10.8 Å². The van der Waals surface area contributed by atoms with Crippen molar-refractivity contribution in [1.82, 2.24) is 9.55 Å². The third-order valence-corrected chi connectivity index (χ3v) is 3.48. The number of rotatable bonds is 4. The van der Waals surface area contributed by atoms with E-state index in [9.17, 15) is 9.50 Å². The van der Waals surface area contributed by atoms with E-state index in [0.717, 1.165) is 11.5 Å². The van der Waals surface area contributed by atoms with E-state index in [4.69, 9.17) is 5.73 Å². The summed E-state index contributed by atoms with van der Waals surface area (Å²) in [5, 5.41) is 9.52. The maximum Gasteiger partial charge on any atom is 0.130 e. The molecule has 1 aromatic heterocycles. The van der Waals surface area contributed by atoms with Crippen LogP contribution in [0.2, 0.25) is 0 Å². The maximum absolute atomic E-state index is 14.0. The van der Waals surface area contributed by atoms with Gasteiger partial charge in [-0.2, -0.15) is 0 Å². The first-order valence-corrected chi connectivity index (χ1v) is 6.81. The summed E-state index contributed by atoms with van der Waals surface area (Å²) in [5.41, 5.74) is 8.05. The van der Waals surface area contributed by atoms with Crippen molar-refractivity contribution in [1.29, 1.82) is 0 Å². The number of para-hydroxylation sites is 1. The van der Waals surface area contributed by atoms with Crippen molar-refractivity contribution >= 4 is 11.0 Å². The van der Waals surface area contributed by atoms with Crippen molar-refractivity contribution in [3.8, 4) is 5.69 Å². The van der Waals surface area contributed by atoms with Crippen LogP contribution in [0.15, 0.2) is 42.5 Å². The Hall–Kier alpha value is -2.24. The van der Waals surface area contributed by atoms with Gasteiger partial charge in [-0.3, -0.25) is 4.57 Å². The summed E-state index contributed by atoms with van der Waals surface area (Å²) in [4.78, 5) is 4.53. The van der Waals surface area contributed by atoms with Crippen LogP contribution in [0.1, 0.15) is 11.4 Å². The fourth-order valence-corrected chi connectivity index (χ4v) is 2.56. The first-order valence-electron chi connectivity index (χ1n) is 6.81. The van der Waals surface area contributed by atoms with E-state index in [2.05, 4.69) is 4.98 Å². The molecule has 0 saturated carbocycles. The molecular formula is C16H16FN3O. The summed E-state index contributed by atoms with van der Waals surface area (Å²) in [6.45, 7) is 0.0802. The SMILES string of the molecule is NCCc1nc2ccc(F)c(CO)c2n1-c1ccccc1. The highest BCUT2D eigenvalue weighted by Gasteiger charge is 2.17. The molecule has 0 unspecified atom stereocenters. The molecule has 0 spiro atoms. The van der Waals surface area contributed by atoms with Gasteiger partial charge in [-0.1, -0.05) is 18.2 Å². The van der Waals surface area contributed by atoms with Gasteiger partial charge in [0.15, 0.2) is 0 Å². The molecule has 21 heavy (non-hydrogen) atoms. The highest BCUT2D eigenvalue weighted by molar-refractivity contribution is 5.82. The van der Waals surface area contributed by atoms with Gasteiger partial charge >= 0.3 is 0 Å². The van der Waals surface area contributed by atoms with Crippen molar-refractivity contribution in [3.63, 3.8) is 0 Å². The fraction of sp³-hybridized carbons (Fsp3) is 0.188. The standard InChI is InChI=1S/C16H16FN3O/c17-13-6-7-14-16(12(13)10-21)20(15(19-14)8-9-18)11-4-2-1-3-5-11/h1-7,21H,8-10,18H2. The van der Waals surface area contributed by atoms with Crippen LogP contribution in [-0.4, -0.2) is 21.2 Å². The smallest absolute Gasteiger partial charge is 0.130 e. The number of halogens is 1. The zero-order chi connectivity index (χ0) is 14.8. The van der Waals surface area contributed by atoms with Crippen LogP contribution in [-0.2, 0) is 13.0 Å². The molecular weight excluding hydrogens is 269 g/mol. The Bertz CT molecular complexity index is 768. The number of hydrogen-bond acceptors (Lipinski definition) is 3. The van der Waals surface area contributed by atoms with Gasteiger partial charge in [-0.25, -0.2) is 9.37 Å². The topological polar surface area (TPSA) is 64.1 Å². The first-order chi connectivity index (χ1) is 10.3. The number of hydrogen-bond donors (Lipinski definition) is 2. The predicted molar refractivity (Wildman–Crippen MR) is 79.7 cm³/mol. The average molecular weight is 285 g/mol. The van der Waals surface area contributed by atoms with Gasteiger partial charge in [-0.15, -0.1) is 0 Å². The molecule has 1 heterocycles. The molecule has 3 aromatic rings. The predicted octanol–water partition coefficient (Wildman–Crippen LogP) is 2.16. The highest BCUT2D eigenvalue weighted by Crippen LogP contribution is 2.27. The molecule has 0 radical (unpaired) electrons. The van der Waals surface area contributed by atoms with Crippen molar-refractivity contribution in [3.05, 3.63) is 59.7 Å². The third-order valence-electron chi connectivity index (χ3n) is 3.48. The third kappa shape index (κ3) is 2.30. The quantitative estimate of drug-likeness (QED) is 0.772. The number of fused-ring (bicyclic) bond motifs is 1. The van der Waals surface area contributed by atoms with E-state index >= 15 is 0 Å². The monoisotopic (exact) mass is 285 g/mol. The van der Waals surface area contributed by atoms with Crippen LogP contribution in [0.4, 0.5) is 4.39 Å². The molecule has 0 aliphatic carbocycles. The minimum absolute atomic E-state index is 0.257. The lowest BCUT2D eigenvalue weighted by molar-refractivity contribution is 0.277. The second-order valence-corrected chi connectivity index (χ2v) is 4.79. The molecule has 0 fully saturated rings. The van der Waals surface area contributed by atoms with Gasteiger partial charge in [0.25, 0.3) is 0 Å². The Morgan fingerprint density at radius 3 is 2.57 bits per heavy atom. The lowest BCUT2D eigenvalue weighted by Gasteiger charge is -2.11. The zero-order valence-electron chi connectivity index (χ0n) is 11.5. The molecule has 0 aliphatic heterocycles. The van der Waals surface area contributed by atoms with E-state index in [-0.39, 0.29) is 12.2 Å². The van der Waals surface area contributed by atoms with Gasteiger partial charge in [0.2, 0.25) is 0 Å². The Morgan fingerprint density at radius 2 is 1.90 bits per heavy atom. The van der Waals surface area contributed by atoms with E-state index in [1.54, 1.807) is 6.07 Å². The summed E-state index contributed by atoms with van der Waals surface area (Å²) >= 11 is 0. The van der Waals surface area contributed by atoms with E-state index in [0.29, 0.717) is 24.0 Å². The molecule has 3 rings (SSSR count). The van der Waals surface area contributed by atoms with Crippen molar-refractivity contribution in [2.75, 3.05) is 6.54 Å². The summed E-state index contributed by atoms with van der Waals surface area (Å²) in [5.74, 6) is 0.334. The highest BCUT2D eigenvalue weighted by atomic mass is 19.1. The number of aliphatic hydroxyl groups excluding tert-OH is 1. The van der Waals surface area contributed by atoms with Gasteiger partial charge in [0, 0.05) is 17.7 Å². The summed E-state index contributed by atoms with van der Waals surface area (Å²) in [6.07, 6.45) is 0.579. The number of aliphatic hydroxyl groups is 1. The Balaban J connectivity index is 2.38. The van der Waals surface area contributed by atoms with Crippen molar-refractivity contribution in [2.24, 2.45) is 5.73 Å². The number of nitrogens with zero attached hydrogens (tertiary/aromatic N) is 2. The van der Waals surface area contributed by atoms with Gasteiger partial charge in [0.1, 0.15) is 11.6 Å². The zero-order valence-corrected chi connectivity index (χ0v) is 11.5. The van der Waals surface area contributed by atoms with Crippen molar-refractivity contribution in [2.45, 2.75) is 13.0 Å². The van der Waals surface area contributed by atoms with Crippen LogP contribution in [0.3, 0.4) is 0 Å². The van der Waals surface area contributed by atoms with E-state index in [1.807, 2.05) is 34.9 Å². The average Bonchev–Trinajstić information content (AvgIpc) is 2.87. The molecule has 4 nitrogen and oxygen atoms in total. The minimum Gasteiger partial charge on any atom is -0.391 e. The van der Waals surface area contributed by atoms with Crippen molar-refractivity contribution < 1.29 is 9.50 Å². The maximum atomic E-state index is 14.0. The minimum atomic E-state index is -0.429. The summed E-state index contributed by atoms with van der Waals surface area (Å²) in [6, 6.07) is 12.5. The molecule has 2 aromatic carbocycles. The van der Waals surface area contributed by atoms with Crippen LogP contribution in [0, 0.1) is 5.82 Å². The second kappa shape index (κ2) is 5.63. The molecule has 5 heteroatoms. The molecule has 0 saturated heterocycles. The van der Waals surface area contributed by atoms with Crippen LogP contribution >= 0.6 is 0 Å². The molecule has 3 N–H and O–H groups in total. The molecule has 0 bridgehead atoms. The van der Waals surface area contributed by atoms with Crippen LogP contribution in [0.5, 0.6) is 0 Å². The molecule has 108 valence electrons.